The summed E-state index contributed by atoms with van der Waals surface area (Å²) in [6, 6.07) is 8.21. The number of rotatable bonds is 3. The summed E-state index contributed by atoms with van der Waals surface area (Å²) in [4.78, 5) is 5.68. The fourth-order valence-electron chi connectivity index (χ4n) is 1.62. The third-order valence-electron chi connectivity index (χ3n) is 2.31. The van der Waals surface area contributed by atoms with Gasteiger partial charge in [0.25, 0.3) is 0 Å². The number of nitrogens with zero attached hydrogens (tertiary/aromatic N) is 1. The van der Waals surface area contributed by atoms with Crippen LogP contribution < -0.4 is 5.73 Å². The minimum atomic E-state index is 0.556. The van der Waals surface area contributed by atoms with Gasteiger partial charge < -0.3 is 5.73 Å². The zero-order valence-electron chi connectivity index (χ0n) is 8.73. The summed E-state index contributed by atoms with van der Waals surface area (Å²) in [5.41, 5.74) is 7.90. The molecule has 0 bridgehead atoms. The summed E-state index contributed by atoms with van der Waals surface area (Å²) >= 11 is 1.84. The predicted octanol–water partition coefficient (Wildman–Crippen LogP) is 2.81. The maximum absolute atomic E-state index is 5.72. The van der Waals surface area contributed by atoms with Crippen LogP contribution in [0.15, 0.2) is 35.4 Å². The van der Waals surface area contributed by atoms with Gasteiger partial charge in [-0.3, -0.25) is 4.98 Å². The Bertz CT molecular complexity index is 468. The van der Waals surface area contributed by atoms with Gasteiger partial charge in [0.15, 0.2) is 0 Å². The van der Waals surface area contributed by atoms with Crippen molar-refractivity contribution >= 4 is 22.7 Å². The molecule has 0 amide bonds. The zero-order valence-corrected chi connectivity index (χ0v) is 9.55. The Morgan fingerprint density at radius 1 is 1.33 bits per heavy atom. The van der Waals surface area contributed by atoms with Gasteiger partial charge in [0.2, 0.25) is 0 Å². The predicted molar refractivity (Wildman–Crippen MR) is 66.0 cm³/mol. The summed E-state index contributed by atoms with van der Waals surface area (Å²) in [6.45, 7) is 2.71. The second-order valence-electron chi connectivity index (χ2n) is 3.27. The average molecular weight is 218 g/mol. The lowest BCUT2D eigenvalue weighted by molar-refractivity contribution is 1.02. The lowest BCUT2D eigenvalue weighted by Crippen LogP contribution is -2.00. The van der Waals surface area contributed by atoms with Crippen molar-refractivity contribution in [2.75, 3.05) is 5.75 Å². The van der Waals surface area contributed by atoms with Gasteiger partial charge in [-0.1, -0.05) is 25.1 Å². The standard InChI is InChI=1S/C12H14N2S/c1-2-15-12-9(7-13)8-14-11-6-4-3-5-10(11)12/h3-6,8H,2,7,13H2,1H3. The summed E-state index contributed by atoms with van der Waals surface area (Å²) in [5, 5.41) is 1.22. The molecule has 78 valence electrons. The van der Waals surface area contributed by atoms with Gasteiger partial charge in [-0.15, -0.1) is 11.8 Å². The Labute approximate surface area is 93.9 Å². The Morgan fingerprint density at radius 3 is 2.87 bits per heavy atom. The van der Waals surface area contributed by atoms with E-state index in [1.54, 1.807) is 0 Å². The van der Waals surface area contributed by atoms with Crippen LogP contribution in [0.5, 0.6) is 0 Å². The fraction of sp³-hybridized carbons (Fsp3) is 0.250. The minimum absolute atomic E-state index is 0.556. The van der Waals surface area contributed by atoms with Gasteiger partial charge in [0, 0.05) is 23.0 Å². The average Bonchev–Trinajstić information content (AvgIpc) is 2.30. The number of fused-ring (bicyclic) bond motifs is 1. The Hall–Kier alpha value is -1.06. The highest BCUT2D eigenvalue weighted by Crippen LogP contribution is 2.29. The molecule has 0 atom stereocenters. The van der Waals surface area contributed by atoms with Crippen molar-refractivity contribution in [1.29, 1.82) is 0 Å². The fourth-order valence-corrected chi connectivity index (χ4v) is 2.56. The van der Waals surface area contributed by atoms with Gasteiger partial charge in [-0.25, -0.2) is 0 Å². The number of thioether (sulfide) groups is 1. The van der Waals surface area contributed by atoms with Crippen molar-refractivity contribution in [1.82, 2.24) is 4.98 Å². The van der Waals surface area contributed by atoms with E-state index in [1.807, 2.05) is 36.2 Å². The molecule has 15 heavy (non-hydrogen) atoms. The highest BCUT2D eigenvalue weighted by atomic mass is 32.2. The summed E-state index contributed by atoms with van der Waals surface area (Å²) in [7, 11) is 0. The minimum Gasteiger partial charge on any atom is -0.326 e. The maximum atomic E-state index is 5.72. The molecule has 3 heteroatoms. The van der Waals surface area contributed by atoms with Crippen LogP contribution >= 0.6 is 11.8 Å². The summed E-state index contributed by atoms with van der Waals surface area (Å²) < 4.78 is 0. The van der Waals surface area contributed by atoms with Crippen LogP contribution in [0.4, 0.5) is 0 Å². The van der Waals surface area contributed by atoms with Gasteiger partial charge in [0.1, 0.15) is 0 Å². The van der Waals surface area contributed by atoms with Crippen molar-refractivity contribution in [3.63, 3.8) is 0 Å². The molecule has 2 aromatic rings. The highest BCUT2D eigenvalue weighted by Gasteiger charge is 2.06. The molecule has 0 radical (unpaired) electrons. The third-order valence-corrected chi connectivity index (χ3v) is 3.37. The number of para-hydroxylation sites is 1. The van der Waals surface area contributed by atoms with Crippen molar-refractivity contribution < 1.29 is 0 Å². The van der Waals surface area contributed by atoms with Crippen molar-refractivity contribution in [3.05, 3.63) is 36.0 Å². The molecule has 0 saturated carbocycles. The van der Waals surface area contributed by atoms with Crippen LogP contribution in [-0.4, -0.2) is 10.7 Å². The molecule has 2 N–H and O–H groups in total. The quantitative estimate of drug-likeness (QED) is 0.805. The van der Waals surface area contributed by atoms with E-state index in [1.165, 1.54) is 10.3 Å². The number of pyridine rings is 1. The molecular weight excluding hydrogens is 204 g/mol. The van der Waals surface area contributed by atoms with Crippen LogP contribution in [0.2, 0.25) is 0 Å². The van der Waals surface area contributed by atoms with E-state index >= 15 is 0 Å². The molecule has 0 unspecified atom stereocenters. The van der Waals surface area contributed by atoms with Crippen molar-refractivity contribution in [2.24, 2.45) is 5.73 Å². The molecule has 2 nitrogen and oxygen atoms in total. The molecule has 1 heterocycles. The summed E-state index contributed by atoms with van der Waals surface area (Å²) in [6.07, 6.45) is 1.89. The second-order valence-corrected chi connectivity index (χ2v) is 4.54. The Balaban J connectivity index is 2.67. The first kappa shape index (κ1) is 10.5. The zero-order chi connectivity index (χ0) is 10.7. The van der Waals surface area contributed by atoms with E-state index in [0.29, 0.717) is 6.54 Å². The van der Waals surface area contributed by atoms with Gasteiger partial charge in [-0.2, -0.15) is 0 Å². The molecule has 0 saturated heterocycles. The first-order chi connectivity index (χ1) is 7.36. The second kappa shape index (κ2) is 4.64. The lowest BCUT2D eigenvalue weighted by Gasteiger charge is -2.09. The van der Waals surface area contributed by atoms with E-state index in [4.69, 9.17) is 5.73 Å². The Kier molecular flexibility index (Phi) is 3.23. The van der Waals surface area contributed by atoms with Crippen LogP contribution in [0.1, 0.15) is 12.5 Å². The van der Waals surface area contributed by atoms with Crippen LogP contribution in [0, 0.1) is 0 Å². The first-order valence-corrected chi connectivity index (χ1v) is 6.05. The van der Waals surface area contributed by atoms with E-state index < -0.39 is 0 Å². The number of nitrogens with two attached hydrogens (primary N) is 1. The maximum Gasteiger partial charge on any atom is 0.0713 e. The number of aromatic nitrogens is 1. The molecule has 0 fully saturated rings. The molecule has 1 aromatic carbocycles. The van der Waals surface area contributed by atoms with Gasteiger partial charge >= 0.3 is 0 Å². The molecule has 0 aliphatic rings. The molecule has 0 aliphatic heterocycles. The molecule has 2 rings (SSSR count). The van der Waals surface area contributed by atoms with E-state index in [-0.39, 0.29) is 0 Å². The van der Waals surface area contributed by atoms with Crippen molar-refractivity contribution in [2.45, 2.75) is 18.4 Å². The highest BCUT2D eigenvalue weighted by molar-refractivity contribution is 7.99. The molecule has 0 aliphatic carbocycles. The number of benzene rings is 1. The topological polar surface area (TPSA) is 38.9 Å². The smallest absolute Gasteiger partial charge is 0.0713 e. The first-order valence-electron chi connectivity index (χ1n) is 5.06. The van der Waals surface area contributed by atoms with E-state index in [2.05, 4.69) is 18.0 Å². The Morgan fingerprint density at radius 2 is 2.13 bits per heavy atom. The number of hydrogen-bond donors (Lipinski definition) is 1. The van der Waals surface area contributed by atoms with Gasteiger partial charge in [-0.05, 0) is 17.4 Å². The SMILES string of the molecule is CCSc1c(CN)cnc2ccccc12. The van der Waals surface area contributed by atoms with Crippen LogP contribution in [-0.2, 0) is 6.54 Å². The summed E-state index contributed by atoms with van der Waals surface area (Å²) in [5.74, 6) is 1.06. The van der Waals surface area contributed by atoms with Gasteiger partial charge in [0.05, 0.1) is 5.52 Å². The van der Waals surface area contributed by atoms with E-state index in [9.17, 15) is 0 Å². The number of hydrogen-bond acceptors (Lipinski definition) is 3. The van der Waals surface area contributed by atoms with Crippen LogP contribution in [0.25, 0.3) is 10.9 Å². The van der Waals surface area contributed by atoms with E-state index in [0.717, 1.165) is 16.8 Å². The normalized spacial score (nSPS) is 10.8. The molecular formula is C12H14N2S. The monoisotopic (exact) mass is 218 g/mol. The van der Waals surface area contributed by atoms with Crippen LogP contribution in [0.3, 0.4) is 0 Å². The largest absolute Gasteiger partial charge is 0.326 e. The molecule has 0 spiro atoms. The third kappa shape index (κ3) is 1.98. The van der Waals surface area contributed by atoms with Crippen molar-refractivity contribution in [3.8, 4) is 0 Å². The lowest BCUT2D eigenvalue weighted by atomic mass is 10.1. The molecule has 1 aromatic heterocycles.